The summed E-state index contributed by atoms with van der Waals surface area (Å²) in [5, 5.41) is 3.42. The number of carbonyl (C=O) groups is 1. The highest BCUT2D eigenvalue weighted by atomic mass is 16.5. The smallest absolute Gasteiger partial charge is 0.307 e. The first kappa shape index (κ1) is 17.7. The van der Waals surface area contributed by atoms with Crippen molar-refractivity contribution in [1.82, 2.24) is 5.32 Å². The fraction of sp³-hybridized carbons (Fsp3) is 0.588. The summed E-state index contributed by atoms with van der Waals surface area (Å²) in [7, 11) is 3.13. The second kappa shape index (κ2) is 10.4. The van der Waals surface area contributed by atoms with Gasteiger partial charge in [0, 0.05) is 19.8 Å². The molecule has 0 aliphatic carbocycles. The standard InChI is InChI=1S/C17H27NO3/c1-4-14-6-8-15(9-7-14)12-16(13-17(19)21-3)18-10-5-11-20-2/h6-9,16,18H,4-5,10-13H2,1-3H3. The van der Waals surface area contributed by atoms with E-state index < -0.39 is 0 Å². The number of methoxy groups -OCH3 is 2. The SMILES string of the molecule is CCc1ccc(CC(CC(=O)OC)NCCCOC)cc1. The minimum Gasteiger partial charge on any atom is -0.469 e. The van der Waals surface area contributed by atoms with E-state index in [0.29, 0.717) is 6.42 Å². The Kier molecular flexibility index (Phi) is 8.71. The van der Waals surface area contributed by atoms with E-state index in [1.807, 2.05) is 0 Å². The van der Waals surface area contributed by atoms with Gasteiger partial charge in [0.1, 0.15) is 0 Å². The summed E-state index contributed by atoms with van der Waals surface area (Å²) in [6.07, 6.45) is 3.19. The highest BCUT2D eigenvalue weighted by Gasteiger charge is 2.14. The summed E-state index contributed by atoms with van der Waals surface area (Å²) in [5.41, 5.74) is 2.57. The molecule has 0 amide bonds. The quantitative estimate of drug-likeness (QED) is 0.531. The lowest BCUT2D eigenvalue weighted by Gasteiger charge is -2.18. The van der Waals surface area contributed by atoms with Crippen LogP contribution in [0.2, 0.25) is 0 Å². The van der Waals surface area contributed by atoms with Crippen molar-refractivity contribution in [2.24, 2.45) is 0 Å². The van der Waals surface area contributed by atoms with Gasteiger partial charge in [0.05, 0.1) is 13.5 Å². The van der Waals surface area contributed by atoms with E-state index in [4.69, 9.17) is 9.47 Å². The molecule has 4 nitrogen and oxygen atoms in total. The van der Waals surface area contributed by atoms with Crippen LogP contribution in [0.15, 0.2) is 24.3 Å². The zero-order valence-electron chi connectivity index (χ0n) is 13.4. The Labute approximate surface area is 127 Å². The minimum atomic E-state index is -0.176. The van der Waals surface area contributed by atoms with Crippen molar-refractivity contribution < 1.29 is 14.3 Å². The van der Waals surface area contributed by atoms with Crippen LogP contribution in [-0.2, 0) is 27.1 Å². The molecule has 0 spiro atoms. The predicted molar refractivity (Wildman–Crippen MR) is 84.4 cm³/mol. The molecule has 1 atom stereocenters. The monoisotopic (exact) mass is 293 g/mol. The number of ether oxygens (including phenoxy) is 2. The third kappa shape index (κ3) is 7.25. The van der Waals surface area contributed by atoms with Crippen LogP contribution in [0.3, 0.4) is 0 Å². The van der Waals surface area contributed by atoms with Crippen LogP contribution in [0.5, 0.6) is 0 Å². The third-order valence-corrected chi connectivity index (χ3v) is 3.51. The molecule has 21 heavy (non-hydrogen) atoms. The fourth-order valence-electron chi connectivity index (χ4n) is 2.22. The van der Waals surface area contributed by atoms with E-state index >= 15 is 0 Å². The number of benzene rings is 1. The van der Waals surface area contributed by atoms with E-state index in [2.05, 4.69) is 36.5 Å². The molecule has 0 saturated carbocycles. The van der Waals surface area contributed by atoms with Gasteiger partial charge in [-0.3, -0.25) is 4.79 Å². The van der Waals surface area contributed by atoms with E-state index in [-0.39, 0.29) is 12.0 Å². The van der Waals surface area contributed by atoms with Crippen LogP contribution in [0, 0.1) is 0 Å². The van der Waals surface area contributed by atoms with Crippen molar-refractivity contribution in [2.75, 3.05) is 27.4 Å². The summed E-state index contributed by atoms with van der Waals surface area (Å²) >= 11 is 0. The number of nitrogens with one attached hydrogen (secondary N) is 1. The number of aryl methyl sites for hydroxylation is 1. The van der Waals surface area contributed by atoms with Gasteiger partial charge in [-0.2, -0.15) is 0 Å². The molecule has 1 aromatic carbocycles. The van der Waals surface area contributed by atoms with Crippen molar-refractivity contribution in [1.29, 1.82) is 0 Å². The minimum absolute atomic E-state index is 0.0989. The second-order valence-electron chi connectivity index (χ2n) is 5.15. The summed E-state index contributed by atoms with van der Waals surface area (Å²) < 4.78 is 9.82. The highest BCUT2D eigenvalue weighted by molar-refractivity contribution is 5.70. The molecular formula is C17H27NO3. The molecule has 1 aromatic rings. The summed E-state index contributed by atoms with van der Waals surface area (Å²) in [6, 6.07) is 8.67. The second-order valence-corrected chi connectivity index (χ2v) is 5.15. The van der Waals surface area contributed by atoms with Crippen LogP contribution >= 0.6 is 0 Å². The zero-order chi connectivity index (χ0) is 15.5. The van der Waals surface area contributed by atoms with Gasteiger partial charge in [-0.25, -0.2) is 0 Å². The average Bonchev–Trinajstić information content (AvgIpc) is 2.52. The Hall–Kier alpha value is -1.39. The van der Waals surface area contributed by atoms with E-state index in [9.17, 15) is 4.79 Å². The molecule has 0 heterocycles. The first-order valence-electron chi connectivity index (χ1n) is 7.56. The lowest BCUT2D eigenvalue weighted by atomic mass is 10.0. The third-order valence-electron chi connectivity index (χ3n) is 3.51. The normalized spacial score (nSPS) is 12.1. The first-order valence-corrected chi connectivity index (χ1v) is 7.56. The van der Waals surface area contributed by atoms with Crippen LogP contribution in [-0.4, -0.2) is 39.4 Å². The summed E-state index contributed by atoms with van der Waals surface area (Å²) in [6.45, 7) is 3.71. The van der Waals surface area contributed by atoms with Crippen molar-refractivity contribution in [3.63, 3.8) is 0 Å². The lowest BCUT2D eigenvalue weighted by Crippen LogP contribution is -2.34. The molecule has 1 unspecified atom stereocenters. The lowest BCUT2D eigenvalue weighted by molar-refractivity contribution is -0.141. The Morgan fingerprint density at radius 3 is 2.43 bits per heavy atom. The van der Waals surface area contributed by atoms with Crippen LogP contribution in [0.1, 0.15) is 30.9 Å². The Bertz CT molecular complexity index is 403. The molecule has 0 fully saturated rings. The van der Waals surface area contributed by atoms with Crippen LogP contribution in [0.4, 0.5) is 0 Å². The van der Waals surface area contributed by atoms with Crippen molar-refractivity contribution in [2.45, 2.75) is 38.6 Å². The van der Waals surface area contributed by atoms with Crippen molar-refractivity contribution >= 4 is 5.97 Å². The van der Waals surface area contributed by atoms with Gasteiger partial charge >= 0.3 is 5.97 Å². The molecule has 0 radical (unpaired) electrons. The molecule has 0 aliphatic heterocycles. The van der Waals surface area contributed by atoms with Gasteiger partial charge in [-0.15, -0.1) is 0 Å². The van der Waals surface area contributed by atoms with Crippen LogP contribution in [0.25, 0.3) is 0 Å². The van der Waals surface area contributed by atoms with Gasteiger partial charge in [0.15, 0.2) is 0 Å². The molecular weight excluding hydrogens is 266 g/mol. The summed E-state index contributed by atoms with van der Waals surface area (Å²) in [5.74, 6) is -0.176. The highest BCUT2D eigenvalue weighted by Crippen LogP contribution is 2.10. The summed E-state index contributed by atoms with van der Waals surface area (Å²) in [4.78, 5) is 11.5. The zero-order valence-corrected chi connectivity index (χ0v) is 13.4. The maximum atomic E-state index is 11.5. The molecule has 1 rings (SSSR count). The topological polar surface area (TPSA) is 47.6 Å². The van der Waals surface area contributed by atoms with Gasteiger partial charge in [0.2, 0.25) is 0 Å². The number of rotatable bonds is 10. The average molecular weight is 293 g/mol. The number of esters is 1. The number of hydrogen-bond acceptors (Lipinski definition) is 4. The van der Waals surface area contributed by atoms with E-state index in [1.54, 1.807) is 7.11 Å². The maximum absolute atomic E-state index is 11.5. The molecule has 0 aliphatic rings. The molecule has 0 saturated heterocycles. The Morgan fingerprint density at radius 2 is 1.86 bits per heavy atom. The van der Waals surface area contributed by atoms with Gasteiger partial charge in [-0.1, -0.05) is 31.2 Å². The molecule has 118 valence electrons. The van der Waals surface area contributed by atoms with Crippen molar-refractivity contribution in [3.8, 4) is 0 Å². The maximum Gasteiger partial charge on any atom is 0.307 e. The van der Waals surface area contributed by atoms with E-state index in [0.717, 1.165) is 32.4 Å². The van der Waals surface area contributed by atoms with Crippen molar-refractivity contribution in [3.05, 3.63) is 35.4 Å². The fourth-order valence-corrected chi connectivity index (χ4v) is 2.22. The largest absolute Gasteiger partial charge is 0.469 e. The molecule has 0 bridgehead atoms. The predicted octanol–water partition coefficient (Wildman–Crippen LogP) is 2.35. The van der Waals surface area contributed by atoms with E-state index in [1.165, 1.54) is 18.2 Å². The van der Waals surface area contributed by atoms with Gasteiger partial charge in [-0.05, 0) is 36.9 Å². The first-order chi connectivity index (χ1) is 10.2. The molecule has 4 heteroatoms. The van der Waals surface area contributed by atoms with Gasteiger partial charge in [0.25, 0.3) is 0 Å². The van der Waals surface area contributed by atoms with Crippen LogP contribution < -0.4 is 5.32 Å². The Morgan fingerprint density at radius 1 is 1.19 bits per heavy atom. The molecule has 1 N–H and O–H groups in total. The molecule has 0 aromatic heterocycles. The number of carbonyl (C=O) groups excluding carboxylic acids is 1. The Balaban J connectivity index is 2.54. The number of hydrogen-bond donors (Lipinski definition) is 1. The van der Waals surface area contributed by atoms with Gasteiger partial charge < -0.3 is 14.8 Å².